The predicted octanol–water partition coefficient (Wildman–Crippen LogP) is 13.3. The van der Waals surface area contributed by atoms with E-state index in [9.17, 15) is 23.9 Å². The molecule has 440 valence electrons. The molecule has 16 heteroatoms. The molecule has 0 saturated heterocycles. The summed E-state index contributed by atoms with van der Waals surface area (Å²) in [6.07, 6.45) is 23.0. The smallest absolute Gasteiger partial charge is 0.319 e. The minimum Gasteiger partial charge on any atom is -0.523 e. The molecule has 0 bridgehead atoms. The lowest BCUT2D eigenvalue weighted by atomic mass is 9.53. The van der Waals surface area contributed by atoms with E-state index in [4.69, 9.17) is 41.2 Å². The number of ketones is 2. The van der Waals surface area contributed by atoms with Crippen molar-refractivity contribution in [3.05, 3.63) is 195 Å². The summed E-state index contributed by atoms with van der Waals surface area (Å²) in [7, 11) is 1.33. The van der Waals surface area contributed by atoms with Gasteiger partial charge in [-0.25, -0.2) is 39.1 Å². The number of fused-ring (bicyclic) bond motifs is 9. The third-order valence-corrected chi connectivity index (χ3v) is 19.7. The van der Waals surface area contributed by atoms with Gasteiger partial charge in [0.15, 0.2) is 29.0 Å². The quantitative estimate of drug-likeness (QED) is 0.0969. The molecule has 7 aromatic rings. The number of aryl methyl sites for hydroxylation is 3. The maximum atomic E-state index is 15.0. The van der Waals surface area contributed by atoms with E-state index in [1.165, 1.54) is 24.8 Å². The van der Waals surface area contributed by atoms with Crippen LogP contribution in [0.4, 0.5) is 4.39 Å². The Labute approximate surface area is 502 Å². The number of rotatable bonds is 5. The van der Waals surface area contributed by atoms with Crippen molar-refractivity contribution < 1.29 is 28.6 Å². The zero-order valence-corrected chi connectivity index (χ0v) is 49.7. The Morgan fingerprint density at radius 3 is 1.83 bits per heavy atom. The van der Waals surface area contributed by atoms with E-state index in [0.717, 1.165) is 93.4 Å². The third kappa shape index (κ3) is 10.0. The lowest BCUT2D eigenvalue weighted by Crippen LogP contribution is -2.55. The molecule has 0 unspecified atom stereocenters. The number of aliphatic hydroxyl groups is 1. The van der Waals surface area contributed by atoms with Crippen LogP contribution in [-0.2, 0) is 54.6 Å². The fraction of sp³-hybridized carbons (Fsp3) is 0.386. The summed E-state index contributed by atoms with van der Waals surface area (Å²) < 4.78 is 20.0. The molecule has 6 heterocycles. The number of halogens is 1. The fourth-order valence-electron chi connectivity index (χ4n) is 14.9. The van der Waals surface area contributed by atoms with E-state index in [-0.39, 0.29) is 59.7 Å². The van der Waals surface area contributed by atoms with Crippen LogP contribution in [0.25, 0.3) is 50.3 Å². The van der Waals surface area contributed by atoms with Crippen LogP contribution in [0.3, 0.4) is 0 Å². The lowest BCUT2D eigenvalue weighted by Gasteiger charge is -2.49. The average Bonchev–Trinajstić information content (AvgIpc) is 0.761. The van der Waals surface area contributed by atoms with Crippen LogP contribution in [0.15, 0.2) is 128 Å². The van der Waals surface area contributed by atoms with Crippen molar-refractivity contribution in [1.29, 1.82) is 0 Å². The summed E-state index contributed by atoms with van der Waals surface area (Å²) >= 11 is 0. The number of carbonyl (C=O) groups excluding carboxylic acids is 3. The second-order valence-electron chi connectivity index (χ2n) is 24.5. The summed E-state index contributed by atoms with van der Waals surface area (Å²) in [5.74, 6) is 1.46. The van der Waals surface area contributed by atoms with Gasteiger partial charge in [-0.2, -0.15) is 0 Å². The Balaban J connectivity index is 0.000000144. The number of aromatic nitrogens is 9. The number of ether oxygens (including phenoxy) is 1. The maximum absolute atomic E-state index is 15.0. The predicted molar refractivity (Wildman–Crippen MR) is 327 cm³/mol. The molecular weight excluding hydrogens is 1080 g/mol. The third-order valence-electron chi connectivity index (χ3n) is 19.7. The molecule has 86 heavy (non-hydrogen) atoms. The Hall–Kier alpha value is -8.84. The first kappa shape index (κ1) is 60.3. The van der Waals surface area contributed by atoms with E-state index in [1.54, 1.807) is 62.3 Å². The van der Waals surface area contributed by atoms with Gasteiger partial charge in [-0.1, -0.05) is 66.3 Å². The molecule has 15 nitrogen and oxygen atoms in total. The second-order valence-corrected chi connectivity index (χ2v) is 24.5. The van der Waals surface area contributed by atoms with E-state index in [0.29, 0.717) is 53.8 Å². The van der Waals surface area contributed by atoms with Gasteiger partial charge in [-0.15, -0.1) is 0 Å². The number of carbonyl (C=O) groups is 3. The van der Waals surface area contributed by atoms with Crippen LogP contribution in [-0.4, -0.2) is 74.6 Å². The van der Waals surface area contributed by atoms with Crippen LogP contribution >= 0.6 is 0 Å². The SMILES string of the molecule is C.COC(=O)[C@@]1(C)C(=O)C=C[C@@]2(C)c3nc(-c4ccncc4)nc(C)c3CC[C@H]12.Cc1nc(-c2ccncc2)nc2c1CC[C@@H]1[C@@H](C)C(=O)C=C[C@@]21C.[C-]#[N+]C1=C(O)[C@H](C)[C@H]2CCc3c(-c4ccccc4F)nc(-c4ccncc4C)nc3[C@]2(C)C1. The minimum atomic E-state index is -1.22. The van der Waals surface area contributed by atoms with Gasteiger partial charge in [0.1, 0.15) is 11.2 Å². The van der Waals surface area contributed by atoms with Gasteiger partial charge in [0.25, 0.3) is 0 Å². The zero-order chi connectivity index (χ0) is 60.3. The molecule has 0 radical (unpaired) electrons. The molecule has 13 rings (SSSR count). The largest absolute Gasteiger partial charge is 0.523 e. The van der Waals surface area contributed by atoms with Crippen LogP contribution in [0.2, 0.25) is 0 Å². The summed E-state index contributed by atoms with van der Waals surface area (Å²) in [6.45, 7) is 25.8. The standard InChI is InChI=1S/C27H25FN4O.C22H23N3O3.C20H21N3O.CH4/c1-15-14-30-12-11-17(15)26-31-23(18-7-5-6-8-21(18)28)19-9-10-20-16(2)24(33)22(29-4)13-27(20,3)25(19)32-26;1-13-15-5-6-16-21(2,10-7-17(26)22(16,3)20(27)28-4)18(15)25-19(24-13)14-8-11-23-12-9-14;1-12-16-5-4-15-13(2)22-19(14-7-10-21-11-8-14)23-18(15)20(16,3)9-6-17(12)24;/h5-8,11-12,14,16,20,33H,9-10,13H2,1-3H3;7-12,16H,5-6H2,1-4H3;6-12,16H,4-5H2,1-3H3;1H4/t16-,20-,27-;16-,21+,22+;12-,16-,20-;/m101./s1. The molecule has 0 amide bonds. The molecule has 6 aromatic heterocycles. The number of methoxy groups -OCH3 is 1. The van der Waals surface area contributed by atoms with E-state index >= 15 is 0 Å². The monoisotopic (exact) mass is 1150 g/mol. The van der Waals surface area contributed by atoms with Gasteiger partial charge in [0, 0.05) is 104 Å². The van der Waals surface area contributed by atoms with E-state index in [1.807, 2.05) is 63.2 Å². The van der Waals surface area contributed by atoms with Gasteiger partial charge in [-0.05, 0) is 162 Å². The maximum Gasteiger partial charge on any atom is 0.319 e. The van der Waals surface area contributed by atoms with Crippen molar-refractivity contribution in [3.8, 4) is 45.4 Å². The summed E-state index contributed by atoms with van der Waals surface area (Å²) in [6, 6.07) is 16.2. The fourth-order valence-corrected chi connectivity index (χ4v) is 14.9. The number of allylic oxidation sites excluding steroid dienone is 6. The minimum absolute atomic E-state index is 0. The van der Waals surface area contributed by atoms with Crippen molar-refractivity contribution in [2.24, 2.45) is 35.0 Å². The number of esters is 1. The topological polar surface area (TPSA) is 201 Å². The zero-order valence-electron chi connectivity index (χ0n) is 49.7. The van der Waals surface area contributed by atoms with Crippen molar-refractivity contribution >= 4 is 17.5 Å². The van der Waals surface area contributed by atoms with Gasteiger partial charge >= 0.3 is 5.97 Å². The van der Waals surface area contributed by atoms with E-state index < -0.39 is 22.2 Å². The molecule has 0 saturated carbocycles. The second kappa shape index (κ2) is 23.2. The molecular formula is C70H73FN10O5. The van der Waals surface area contributed by atoms with Crippen LogP contribution < -0.4 is 0 Å². The molecule has 0 spiro atoms. The first-order valence-corrected chi connectivity index (χ1v) is 29.2. The summed E-state index contributed by atoms with van der Waals surface area (Å²) in [5, 5.41) is 10.7. The number of benzene rings is 1. The van der Waals surface area contributed by atoms with E-state index in [2.05, 4.69) is 60.5 Å². The van der Waals surface area contributed by atoms with Gasteiger partial charge in [0.05, 0.1) is 42.2 Å². The van der Waals surface area contributed by atoms with Gasteiger partial charge < -0.3 is 9.84 Å². The van der Waals surface area contributed by atoms with Crippen LogP contribution in [0.1, 0.15) is 125 Å². The molecule has 1 N–H and O–H groups in total. The number of hydrogen-bond acceptors (Lipinski definition) is 14. The molecule has 6 aliphatic carbocycles. The number of pyridine rings is 3. The van der Waals surface area contributed by atoms with Crippen molar-refractivity contribution in [2.45, 2.75) is 131 Å². The Morgan fingerprint density at radius 1 is 0.663 bits per heavy atom. The number of hydrogen-bond donors (Lipinski definition) is 1. The summed E-state index contributed by atoms with van der Waals surface area (Å²) in [4.78, 5) is 82.8. The highest BCUT2D eigenvalue weighted by Crippen LogP contribution is 2.56. The Kier molecular flexibility index (Phi) is 16.3. The number of nitrogens with zero attached hydrogens (tertiary/aromatic N) is 10. The molecule has 0 fully saturated rings. The molecule has 6 aliphatic rings. The first-order chi connectivity index (χ1) is 40.7. The lowest BCUT2D eigenvalue weighted by molar-refractivity contribution is -0.162. The number of aliphatic hydroxyl groups excluding tert-OH is 1. The van der Waals surface area contributed by atoms with Gasteiger partial charge in [-0.3, -0.25) is 29.3 Å². The van der Waals surface area contributed by atoms with Crippen molar-refractivity contribution in [1.82, 2.24) is 44.9 Å². The highest BCUT2D eigenvalue weighted by Gasteiger charge is 2.59. The van der Waals surface area contributed by atoms with Crippen molar-refractivity contribution in [2.75, 3.05) is 7.11 Å². The van der Waals surface area contributed by atoms with Crippen LogP contribution in [0.5, 0.6) is 0 Å². The molecule has 0 aliphatic heterocycles. The van der Waals surface area contributed by atoms with Gasteiger partial charge in [0.2, 0.25) is 5.70 Å². The average molecular weight is 1150 g/mol. The highest BCUT2D eigenvalue weighted by atomic mass is 19.1. The Morgan fingerprint density at radius 2 is 1.22 bits per heavy atom. The molecule has 1 aromatic carbocycles. The van der Waals surface area contributed by atoms with Crippen molar-refractivity contribution in [3.63, 3.8) is 0 Å². The summed E-state index contributed by atoms with van der Waals surface area (Å²) in [5.41, 5.74) is 10.8. The van der Waals surface area contributed by atoms with Crippen LogP contribution in [0, 0.1) is 68.2 Å². The normalized spacial score (nSPS) is 26.4. The highest BCUT2D eigenvalue weighted by molar-refractivity contribution is 6.10. The molecule has 9 atom stereocenters. The Bertz CT molecular complexity index is 3990. The first-order valence-electron chi connectivity index (χ1n) is 29.2.